The average molecular weight is 273 g/mol. The van der Waals surface area contributed by atoms with Crippen LogP contribution in [0.2, 0.25) is 0 Å². The van der Waals surface area contributed by atoms with Gasteiger partial charge in [-0.15, -0.1) is 0 Å². The molecule has 0 radical (unpaired) electrons. The minimum Gasteiger partial charge on any atom is -0.320 e. The molecule has 0 aliphatic heterocycles. The Morgan fingerprint density at radius 3 is 2.68 bits per heavy atom. The standard InChI is InChI=1S/C11H13F2N3O3/c1-2-3-7(14)11(17)15-10-8(16(18)19)5-4-6(12)9(10)13/h4-5,7H,2-3,14H2,1H3,(H,15,17)/t7-/m1/s1. The van der Waals surface area contributed by atoms with Crippen LogP contribution in [0.4, 0.5) is 20.2 Å². The van der Waals surface area contributed by atoms with Crippen LogP contribution in [0.5, 0.6) is 0 Å². The molecule has 0 fully saturated rings. The van der Waals surface area contributed by atoms with Gasteiger partial charge in [-0.3, -0.25) is 14.9 Å². The zero-order valence-corrected chi connectivity index (χ0v) is 10.2. The van der Waals surface area contributed by atoms with Crippen molar-refractivity contribution in [2.45, 2.75) is 25.8 Å². The van der Waals surface area contributed by atoms with Crippen molar-refractivity contribution in [2.24, 2.45) is 5.73 Å². The Morgan fingerprint density at radius 2 is 2.16 bits per heavy atom. The molecule has 0 saturated carbocycles. The van der Waals surface area contributed by atoms with Crippen LogP contribution in [0.1, 0.15) is 19.8 Å². The summed E-state index contributed by atoms with van der Waals surface area (Å²) in [5.41, 5.74) is 3.96. The summed E-state index contributed by atoms with van der Waals surface area (Å²) < 4.78 is 26.5. The normalized spacial score (nSPS) is 12.0. The van der Waals surface area contributed by atoms with Gasteiger partial charge in [0.2, 0.25) is 5.91 Å². The monoisotopic (exact) mass is 273 g/mol. The lowest BCUT2D eigenvalue weighted by molar-refractivity contribution is -0.384. The highest BCUT2D eigenvalue weighted by atomic mass is 19.2. The zero-order chi connectivity index (χ0) is 14.6. The van der Waals surface area contributed by atoms with Gasteiger partial charge in [0.1, 0.15) is 0 Å². The second-order valence-electron chi connectivity index (χ2n) is 3.90. The largest absolute Gasteiger partial charge is 0.320 e. The van der Waals surface area contributed by atoms with Crippen LogP contribution in [0.15, 0.2) is 12.1 Å². The Balaban J connectivity index is 3.08. The summed E-state index contributed by atoms with van der Waals surface area (Å²) in [4.78, 5) is 21.4. The number of hydrogen-bond donors (Lipinski definition) is 2. The first-order valence-electron chi connectivity index (χ1n) is 5.57. The maximum absolute atomic E-state index is 13.5. The van der Waals surface area contributed by atoms with Crippen LogP contribution in [-0.4, -0.2) is 16.9 Å². The van der Waals surface area contributed by atoms with E-state index in [1.54, 1.807) is 6.92 Å². The smallest absolute Gasteiger partial charge is 0.296 e. The molecule has 0 bridgehead atoms. The van der Waals surface area contributed by atoms with E-state index in [1.165, 1.54) is 0 Å². The fourth-order valence-electron chi connectivity index (χ4n) is 1.47. The minimum absolute atomic E-state index is 0.330. The second-order valence-corrected chi connectivity index (χ2v) is 3.90. The Labute approximate surface area is 107 Å². The number of benzene rings is 1. The van der Waals surface area contributed by atoms with E-state index in [1.807, 2.05) is 5.32 Å². The predicted molar refractivity (Wildman–Crippen MR) is 64.5 cm³/mol. The van der Waals surface area contributed by atoms with Crippen LogP contribution in [0.3, 0.4) is 0 Å². The number of hydrogen-bond acceptors (Lipinski definition) is 4. The minimum atomic E-state index is -1.48. The molecule has 0 aliphatic rings. The topological polar surface area (TPSA) is 98.3 Å². The van der Waals surface area contributed by atoms with Gasteiger partial charge in [-0.1, -0.05) is 13.3 Å². The number of carbonyl (C=O) groups excluding carboxylic acids is 1. The van der Waals surface area contributed by atoms with Crippen molar-refractivity contribution in [2.75, 3.05) is 5.32 Å². The maximum Gasteiger partial charge on any atom is 0.296 e. The van der Waals surface area contributed by atoms with Gasteiger partial charge in [-0.05, 0) is 12.5 Å². The summed E-state index contributed by atoms with van der Waals surface area (Å²) in [5.74, 6) is -3.56. The highest BCUT2D eigenvalue weighted by Crippen LogP contribution is 2.29. The molecule has 1 aromatic carbocycles. The van der Waals surface area contributed by atoms with Gasteiger partial charge in [0.05, 0.1) is 11.0 Å². The summed E-state index contributed by atoms with van der Waals surface area (Å²) in [6, 6.07) is 0.460. The summed E-state index contributed by atoms with van der Waals surface area (Å²) >= 11 is 0. The van der Waals surface area contributed by atoms with E-state index in [0.29, 0.717) is 18.9 Å². The lowest BCUT2D eigenvalue weighted by atomic mass is 10.1. The molecule has 0 spiro atoms. The predicted octanol–water partition coefficient (Wildman–Crippen LogP) is 1.94. The summed E-state index contributed by atoms with van der Waals surface area (Å²) in [6.45, 7) is 1.79. The van der Waals surface area contributed by atoms with Gasteiger partial charge >= 0.3 is 0 Å². The van der Waals surface area contributed by atoms with Crippen molar-refractivity contribution < 1.29 is 18.5 Å². The fraction of sp³-hybridized carbons (Fsp3) is 0.364. The van der Waals surface area contributed by atoms with Crippen LogP contribution in [0.25, 0.3) is 0 Å². The molecule has 3 N–H and O–H groups in total. The molecular weight excluding hydrogens is 260 g/mol. The van der Waals surface area contributed by atoms with Gasteiger partial charge in [0.15, 0.2) is 17.3 Å². The Hall–Kier alpha value is -2.09. The van der Waals surface area contributed by atoms with E-state index in [2.05, 4.69) is 0 Å². The number of nitrogens with one attached hydrogen (secondary N) is 1. The van der Waals surface area contributed by atoms with E-state index in [-0.39, 0.29) is 0 Å². The van der Waals surface area contributed by atoms with Crippen LogP contribution in [-0.2, 0) is 4.79 Å². The van der Waals surface area contributed by atoms with Crippen molar-refractivity contribution >= 4 is 17.3 Å². The first-order valence-corrected chi connectivity index (χ1v) is 5.57. The average Bonchev–Trinajstić information content (AvgIpc) is 2.34. The van der Waals surface area contributed by atoms with Crippen molar-refractivity contribution in [3.05, 3.63) is 33.9 Å². The molecular formula is C11H13F2N3O3. The quantitative estimate of drug-likeness (QED) is 0.632. The number of carbonyl (C=O) groups is 1. The number of nitro benzene ring substituents is 1. The SMILES string of the molecule is CCC[C@@H](N)C(=O)Nc1c([N+](=O)[O-])ccc(F)c1F. The van der Waals surface area contributed by atoms with Crippen molar-refractivity contribution in [3.8, 4) is 0 Å². The van der Waals surface area contributed by atoms with Crippen molar-refractivity contribution in [3.63, 3.8) is 0 Å². The van der Waals surface area contributed by atoms with Gasteiger partial charge < -0.3 is 11.1 Å². The lowest BCUT2D eigenvalue weighted by Gasteiger charge is -2.12. The third-order valence-corrected chi connectivity index (χ3v) is 2.45. The van der Waals surface area contributed by atoms with Gasteiger partial charge in [0.25, 0.3) is 5.69 Å². The Morgan fingerprint density at radius 1 is 1.53 bits per heavy atom. The Kier molecular flexibility index (Phi) is 4.87. The molecule has 6 nitrogen and oxygen atoms in total. The molecule has 1 atom stereocenters. The molecule has 19 heavy (non-hydrogen) atoms. The number of halogens is 2. The molecule has 0 saturated heterocycles. The fourth-order valence-corrected chi connectivity index (χ4v) is 1.47. The van der Waals surface area contributed by atoms with Crippen LogP contribution in [0, 0.1) is 21.7 Å². The third-order valence-electron chi connectivity index (χ3n) is 2.45. The third kappa shape index (κ3) is 3.44. The summed E-state index contributed by atoms with van der Waals surface area (Å²) in [7, 11) is 0. The zero-order valence-electron chi connectivity index (χ0n) is 10.2. The molecule has 8 heteroatoms. The number of amides is 1. The summed E-state index contributed by atoms with van der Waals surface area (Å²) in [6.07, 6.45) is 0.943. The number of nitrogens with two attached hydrogens (primary N) is 1. The van der Waals surface area contributed by atoms with Crippen LogP contribution >= 0.6 is 0 Å². The van der Waals surface area contributed by atoms with Gasteiger partial charge in [-0.2, -0.15) is 0 Å². The van der Waals surface area contributed by atoms with E-state index < -0.39 is 39.9 Å². The lowest BCUT2D eigenvalue weighted by Crippen LogP contribution is -2.35. The van der Waals surface area contributed by atoms with Crippen LogP contribution < -0.4 is 11.1 Å². The number of nitrogens with zero attached hydrogens (tertiary/aromatic N) is 1. The molecule has 0 unspecified atom stereocenters. The van der Waals surface area contributed by atoms with Gasteiger partial charge in [-0.25, -0.2) is 8.78 Å². The first-order chi connectivity index (χ1) is 8.88. The molecule has 0 aromatic heterocycles. The van der Waals surface area contributed by atoms with Crippen molar-refractivity contribution in [1.82, 2.24) is 0 Å². The molecule has 0 heterocycles. The van der Waals surface area contributed by atoms with E-state index in [0.717, 1.165) is 6.07 Å². The number of nitro groups is 1. The number of anilines is 1. The second kappa shape index (κ2) is 6.19. The summed E-state index contributed by atoms with van der Waals surface area (Å²) in [5, 5.41) is 12.7. The van der Waals surface area contributed by atoms with E-state index in [9.17, 15) is 23.7 Å². The number of rotatable bonds is 5. The van der Waals surface area contributed by atoms with E-state index in [4.69, 9.17) is 5.73 Å². The Bertz CT molecular complexity index is 508. The highest BCUT2D eigenvalue weighted by molar-refractivity contribution is 5.96. The van der Waals surface area contributed by atoms with Crippen molar-refractivity contribution in [1.29, 1.82) is 0 Å². The molecule has 104 valence electrons. The molecule has 1 aromatic rings. The van der Waals surface area contributed by atoms with Gasteiger partial charge in [0, 0.05) is 6.07 Å². The molecule has 1 rings (SSSR count). The molecule has 1 amide bonds. The maximum atomic E-state index is 13.5. The molecule has 0 aliphatic carbocycles. The first kappa shape index (κ1) is 15.0. The van der Waals surface area contributed by atoms with E-state index >= 15 is 0 Å². The highest BCUT2D eigenvalue weighted by Gasteiger charge is 2.25.